The number of hydrogen-bond acceptors (Lipinski definition) is 5. The fourth-order valence-corrected chi connectivity index (χ4v) is 5.86. The number of carbonyl (C=O) groups is 3. The Labute approximate surface area is 217 Å². The Bertz CT molecular complexity index is 1400. The lowest BCUT2D eigenvalue weighted by Gasteiger charge is -2.27. The highest BCUT2D eigenvalue weighted by Crippen LogP contribution is 2.31. The van der Waals surface area contributed by atoms with Crippen molar-refractivity contribution in [3.05, 3.63) is 90.0 Å². The molecule has 3 amide bonds. The molecular weight excluding hydrogens is 490 g/mol. The van der Waals surface area contributed by atoms with Gasteiger partial charge in [0.05, 0.1) is 17.0 Å². The molecule has 3 aromatic carbocycles. The van der Waals surface area contributed by atoms with Crippen LogP contribution in [0.5, 0.6) is 0 Å². The van der Waals surface area contributed by atoms with Crippen molar-refractivity contribution in [1.29, 1.82) is 0 Å². The maximum atomic E-state index is 13.8. The van der Waals surface area contributed by atoms with E-state index in [1.165, 1.54) is 31.2 Å². The Balaban J connectivity index is 1.70. The van der Waals surface area contributed by atoms with Crippen molar-refractivity contribution in [3.8, 4) is 0 Å². The first kappa shape index (κ1) is 26.2. The maximum Gasteiger partial charge on any atom is 0.252 e. The predicted octanol–water partition coefficient (Wildman–Crippen LogP) is 4.29. The number of anilines is 2. The second-order valence-corrected chi connectivity index (χ2v) is 11.2. The smallest absolute Gasteiger partial charge is 0.252 e. The van der Waals surface area contributed by atoms with E-state index in [1.54, 1.807) is 36.4 Å². The SMILES string of the molecule is CC(=O)Nc1ccc(S(=O)(=O)N(Cc2ccccc2)C2CC(=O)N(c3ccc(C(C)C)cc3)C2=O)cc1. The number of nitrogens with one attached hydrogen (secondary N) is 1. The lowest BCUT2D eigenvalue weighted by molar-refractivity contribution is -0.122. The second-order valence-electron chi connectivity index (χ2n) is 9.27. The van der Waals surface area contributed by atoms with Gasteiger partial charge < -0.3 is 5.32 Å². The van der Waals surface area contributed by atoms with Crippen molar-refractivity contribution >= 4 is 39.1 Å². The molecule has 1 unspecified atom stereocenters. The minimum absolute atomic E-state index is 0.0440. The minimum atomic E-state index is -4.19. The van der Waals surface area contributed by atoms with Gasteiger partial charge in [0.2, 0.25) is 21.8 Å². The Morgan fingerprint density at radius 1 is 0.973 bits per heavy atom. The summed E-state index contributed by atoms with van der Waals surface area (Å²) in [7, 11) is -4.19. The van der Waals surface area contributed by atoms with E-state index in [1.807, 2.05) is 32.0 Å². The second kappa shape index (κ2) is 10.7. The Kier molecular flexibility index (Phi) is 7.56. The van der Waals surface area contributed by atoms with E-state index in [2.05, 4.69) is 5.32 Å². The van der Waals surface area contributed by atoms with Crippen molar-refractivity contribution in [3.63, 3.8) is 0 Å². The van der Waals surface area contributed by atoms with Gasteiger partial charge in [-0.2, -0.15) is 4.31 Å². The van der Waals surface area contributed by atoms with Gasteiger partial charge in [0.15, 0.2) is 0 Å². The summed E-state index contributed by atoms with van der Waals surface area (Å²) in [6.07, 6.45) is -0.263. The third kappa shape index (κ3) is 5.63. The topological polar surface area (TPSA) is 104 Å². The standard InChI is InChI=1S/C28H29N3O5S/c1-19(2)22-9-13-24(14-10-22)31-27(33)17-26(28(31)34)30(18-21-7-5-4-6-8-21)37(35,36)25-15-11-23(12-16-25)29-20(3)32/h4-16,19,26H,17-18H2,1-3H3,(H,29,32). The summed E-state index contributed by atoms with van der Waals surface area (Å²) >= 11 is 0. The molecule has 0 bridgehead atoms. The zero-order valence-electron chi connectivity index (χ0n) is 20.9. The number of imide groups is 1. The Morgan fingerprint density at radius 3 is 2.16 bits per heavy atom. The fourth-order valence-electron chi connectivity index (χ4n) is 4.30. The first-order valence-corrected chi connectivity index (χ1v) is 13.4. The van der Waals surface area contributed by atoms with Crippen molar-refractivity contribution in [2.75, 3.05) is 10.2 Å². The average molecular weight is 520 g/mol. The summed E-state index contributed by atoms with van der Waals surface area (Å²) in [5.74, 6) is -1.04. The molecule has 1 N–H and O–H groups in total. The molecule has 37 heavy (non-hydrogen) atoms. The number of amides is 3. The van der Waals surface area contributed by atoms with Gasteiger partial charge >= 0.3 is 0 Å². The number of hydrogen-bond donors (Lipinski definition) is 1. The van der Waals surface area contributed by atoms with Crippen LogP contribution in [0.25, 0.3) is 0 Å². The van der Waals surface area contributed by atoms with Crippen LogP contribution in [0, 0.1) is 0 Å². The van der Waals surface area contributed by atoms with Crippen molar-refractivity contribution in [2.24, 2.45) is 0 Å². The van der Waals surface area contributed by atoms with Gasteiger partial charge in [-0.1, -0.05) is 56.3 Å². The molecule has 0 aliphatic carbocycles. The van der Waals surface area contributed by atoms with Gasteiger partial charge in [0.25, 0.3) is 5.91 Å². The van der Waals surface area contributed by atoms with Gasteiger partial charge in [0.1, 0.15) is 6.04 Å². The third-order valence-electron chi connectivity index (χ3n) is 6.25. The molecule has 1 saturated heterocycles. The van der Waals surface area contributed by atoms with Gasteiger partial charge in [-0.15, -0.1) is 0 Å². The molecule has 1 heterocycles. The summed E-state index contributed by atoms with van der Waals surface area (Å²) in [4.78, 5) is 39.0. The predicted molar refractivity (Wildman–Crippen MR) is 141 cm³/mol. The van der Waals surface area contributed by atoms with E-state index in [0.717, 1.165) is 14.8 Å². The lowest BCUT2D eigenvalue weighted by Crippen LogP contribution is -2.45. The molecule has 9 heteroatoms. The van der Waals surface area contributed by atoms with Gasteiger partial charge in [-0.05, 0) is 53.4 Å². The lowest BCUT2D eigenvalue weighted by atomic mass is 10.0. The fraction of sp³-hybridized carbons (Fsp3) is 0.250. The van der Waals surface area contributed by atoms with Crippen molar-refractivity contribution < 1.29 is 22.8 Å². The minimum Gasteiger partial charge on any atom is -0.326 e. The highest BCUT2D eigenvalue weighted by molar-refractivity contribution is 7.89. The molecule has 1 atom stereocenters. The summed E-state index contributed by atoms with van der Waals surface area (Å²) in [5, 5.41) is 2.60. The molecule has 0 saturated carbocycles. The summed E-state index contributed by atoms with van der Waals surface area (Å²) in [6.45, 7) is 5.37. The van der Waals surface area contributed by atoms with Crippen LogP contribution in [0.3, 0.4) is 0 Å². The van der Waals surface area contributed by atoms with Crippen LogP contribution in [0.15, 0.2) is 83.8 Å². The normalized spacial score (nSPS) is 16.0. The highest BCUT2D eigenvalue weighted by Gasteiger charge is 2.47. The van der Waals surface area contributed by atoms with Crippen LogP contribution < -0.4 is 10.2 Å². The monoisotopic (exact) mass is 519 g/mol. The molecular formula is C28H29N3O5S. The molecule has 0 aromatic heterocycles. The summed E-state index contributed by atoms with van der Waals surface area (Å²) < 4.78 is 28.8. The number of sulfonamides is 1. The van der Waals surface area contributed by atoms with Crippen LogP contribution in [-0.2, 0) is 31.0 Å². The van der Waals surface area contributed by atoms with Crippen LogP contribution >= 0.6 is 0 Å². The van der Waals surface area contributed by atoms with E-state index in [-0.39, 0.29) is 29.7 Å². The first-order chi connectivity index (χ1) is 17.6. The molecule has 192 valence electrons. The molecule has 1 aliphatic rings. The largest absolute Gasteiger partial charge is 0.326 e. The molecule has 0 spiro atoms. The van der Waals surface area contributed by atoms with E-state index in [4.69, 9.17) is 0 Å². The first-order valence-electron chi connectivity index (χ1n) is 12.0. The quantitative estimate of drug-likeness (QED) is 0.447. The average Bonchev–Trinajstić information content (AvgIpc) is 3.16. The maximum absolute atomic E-state index is 13.8. The number of carbonyl (C=O) groups excluding carboxylic acids is 3. The van der Waals surface area contributed by atoms with Crippen LogP contribution in [-0.4, -0.2) is 36.5 Å². The zero-order chi connectivity index (χ0) is 26.7. The molecule has 8 nitrogen and oxygen atoms in total. The number of rotatable bonds is 8. The van der Waals surface area contributed by atoms with E-state index >= 15 is 0 Å². The van der Waals surface area contributed by atoms with Crippen molar-refractivity contribution in [1.82, 2.24) is 4.31 Å². The van der Waals surface area contributed by atoms with Gasteiger partial charge in [-0.3, -0.25) is 14.4 Å². The molecule has 0 radical (unpaired) electrons. The highest BCUT2D eigenvalue weighted by atomic mass is 32.2. The van der Waals surface area contributed by atoms with Crippen LogP contribution in [0.1, 0.15) is 44.2 Å². The van der Waals surface area contributed by atoms with Gasteiger partial charge in [-0.25, -0.2) is 13.3 Å². The summed E-state index contributed by atoms with van der Waals surface area (Å²) in [5.41, 5.74) is 2.61. The van der Waals surface area contributed by atoms with Crippen LogP contribution in [0.2, 0.25) is 0 Å². The van der Waals surface area contributed by atoms with Crippen LogP contribution in [0.4, 0.5) is 11.4 Å². The molecule has 1 fully saturated rings. The van der Waals surface area contributed by atoms with Crippen molar-refractivity contribution in [2.45, 2.75) is 50.6 Å². The Morgan fingerprint density at radius 2 is 1.59 bits per heavy atom. The molecule has 4 rings (SSSR count). The van der Waals surface area contributed by atoms with Gasteiger partial charge in [0, 0.05) is 19.2 Å². The molecule has 3 aromatic rings. The van der Waals surface area contributed by atoms with E-state index < -0.39 is 27.9 Å². The van der Waals surface area contributed by atoms with E-state index in [9.17, 15) is 22.8 Å². The molecule has 1 aliphatic heterocycles. The Hall–Kier alpha value is -3.82. The number of nitrogens with zero attached hydrogens (tertiary/aromatic N) is 2. The zero-order valence-corrected chi connectivity index (χ0v) is 21.7. The number of benzene rings is 3. The summed E-state index contributed by atoms with van der Waals surface area (Å²) in [6, 6.07) is 20.6. The third-order valence-corrected chi connectivity index (χ3v) is 8.12. The van der Waals surface area contributed by atoms with E-state index in [0.29, 0.717) is 16.9 Å².